The van der Waals surface area contributed by atoms with Gasteiger partial charge in [0.15, 0.2) is 11.5 Å². The van der Waals surface area contributed by atoms with Gasteiger partial charge in [0.25, 0.3) is 5.91 Å². The Morgan fingerprint density at radius 2 is 1.69 bits per heavy atom. The second kappa shape index (κ2) is 8.61. The lowest BCUT2D eigenvalue weighted by Crippen LogP contribution is -2.40. The standard InChI is InChI=1S/C22H31N3O4/c1-15(26)24-11-8-19(9-12-24)29-20-6-3-16(13-21(20)28-2)22(27)25-10-7-17-4-5-18(14-25)23-17/h3,6,13,17-19,23H,4-5,7-12,14H2,1-2H3/t17-,18+/m1/s1. The van der Waals surface area contributed by atoms with Crippen molar-refractivity contribution in [3.8, 4) is 11.5 Å². The molecule has 4 rings (SSSR count). The Kier molecular flexibility index (Phi) is 5.94. The van der Waals surface area contributed by atoms with Crippen LogP contribution in [0.25, 0.3) is 0 Å². The highest BCUT2D eigenvalue weighted by atomic mass is 16.5. The van der Waals surface area contributed by atoms with Crippen LogP contribution in [0.15, 0.2) is 18.2 Å². The van der Waals surface area contributed by atoms with E-state index in [1.165, 1.54) is 6.42 Å². The van der Waals surface area contributed by atoms with Crippen molar-refractivity contribution in [2.24, 2.45) is 0 Å². The summed E-state index contributed by atoms with van der Waals surface area (Å²) in [6.07, 6.45) is 5.03. The predicted molar refractivity (Wildman–Crippen MR) is 109 cm³/mol. The van der Waals surface area contributed by atoms with E-state index in [4.69, 9.17) is 9.47 Å². The Balaban J connectivity index is 1.41. The van der Waals surface area contributed by atoms with Gasteiger partial charge in [-0.2, -0.15) is 0 Å². The number of benzene rings is 1. The Labute approximate surface area is 172 Å². The molecule has 1 aromatic rings. The predicted octanol–water partition coefficient (Wildman–Crippen LogP) is 2.05. The van der Waals surface area contributed by atoms with E-state index in [0.717, 1.165) is 38.8 Å². The number of hydrogen-bond acceptors (Lipinski definition) is 5. The van der Waals surface area contributed by atoms with Crippen LogP contribution in [-0.4, -0.2) is 73.1 Å². The summed E-state index contributed by atoms with van der Waals surface area (Å²) in [5, 5.41) is 3.61. The molecular formula is C22H31N3O4. The molecule has 3 fully saturated rings. The molecule has 0 unspecified atom stereocenters. The molecule has 0 saturated carbocycles. The quantitative estimate of drug-likeness (QED) is 0.836. The summed E-state index contributed by atoms with van der Waals surface area (Å²) in [6, 6.07) is 6.43. The number of carbonyl (C=O) groups is 2. The molecule has 7 heteroatoms. The Hall–Kier alpha value is -2.28. The SMILES string of the molecule is COc1cc(C(=O)N2CC[C@H]3CC[C@@H](C2)N3)ccc1OC1CCN(C(C)=O)CC1. The zero-order valence-electron chi connectivity index (χ0n) is 17.4. The highest BCUT2D eigenvalue weighted by molar-refractivity contribution is 5.95. The summed E-state index contributed by atoms with van der Waals surface area (Å²) >= 11 is 0. The number of piperidine rings is 1. The van der Waals surface area contributed by atoms with E-state index < -0.39 is 0 Å². The van der Waals surface area contributed by atoms with Crippen LogP contribution >= 0.6 is 0 Å². The number of fused-ring (bicyclic) bond motifs is 2. The van der Waals surface area contributed by atoms with Crippen molar-refractivity contribution in [3.05, 3.63) is 23.8 Å². The Bertz CT molecular complexity index is 760. The number of ether oxygens (including phenoxy) is 2. The van der Waals surface area contributed by atoms with Crippen molar-refractivity contribution in [1.82, 2.24) is 15.1 Å². The molecule has 2 amide bonds. The van der Waals surface area contributed by atoms with Gasteiger partial charge in [0.1, 0.15) is 6.10 Å². The number of amides is 2. The van der Waals surface area contributed by atoms with Crippen LogP contribution in [0.4, 0.5) is 0 Å². The minimum Gasteiger partial charge on any atom is -0.493 e. The molecule has 0 spiro atoms. The minimum absolute atomic E-state index is 0.0493. The third-order valence-corrected chi connectivity index (χ3v) is 6.40. The van der Waals surface area contributed by atoms with Crippen LogP contribution in [0.1, 0.15) is 49.4 Å². The maximum Gasteiger partial charge on any atom is 0.254 e. The highest BCUT2D eigenvalue weighted by Gasteiger charge is 2.32. The first-order valence-electron chi connectivity index (χ1n) is 10.7. The lowest BCUT2D eigenvalue weighted by atomic mass is 10.1. The molecule has 0 radical (unpaired) electrons. The monoisotopic (exact) mass is 401 g/mol. The number of methoxy groups -OCH3 is 1. The summed E-state index contributed by atoms with van der Waals surface area (Å²) in [5.74, 6) is 1.40. The molecule has 1 N–H and O–H groups in total. The highest BCUT2D eigenvalue weighted by Crippen LogP contribution is 2.31. The maximum atomic E-state index is 13.1. The molecule has 0 aliphatic carbocycles. The van der Waals surface area contributed by atoms with Gasteiger partial charge in [-0.3, -0.25) is 9.59 Å². The van der Waals surface area contributed by atoms with Crippen molar-refractivity contribution in [1.29, 1.82) is 0 Å². The van der Waals surface area contributed by atoms with E-state index >= 15 is 0 Å². The Morgan fingerprint density at radius 1 is 0.966 bits per heavy atom. The molecule has 29 heavy (non-hydrogen) atoms. The molecule has 158 valence electrons. The first kappa shape index (κ1) is 20.0. The van der Waals surface area contributed by atoms with Crippen molar-refractivity contribution in [3.63, 3.8) is 0 Å². The fourth-order valence-electron chi connectivity index (χ4n) is 4.68. The van der Waals surface area contributed by atoms with Crippen LogP contribution in [0.5, 0.6) is 11.5 Å². The normalized spacial score (nSPS) is 24.9. The number of carbonyl (C=O) groups excluding carboxylic acids is 2. The molecule has 0 aromatic heterocycles. The lowest BCUT2D eigenvalue weighted by molar-refractivity contribution is -0.130. The average molecular weight is 402 g/mol. The van der Waals surface area contributed by atoms with E-state index in [9.17, 15) is 9.59 Å². The molecular weight excluding hydrogens is 370 g/mol. The fraction of sp³-hybridized carbons (Fsp3) is 0.636. The number of likely N-dealkylation sites (tertiary alicyclic amines) is 2. The van der Waals surface area contributed by atoms with Gasteiger partial charge >= 0.3 is 0 Å². The van der Waals surface area contributed by atoms with E-state index in [1.807, 2.05) is 21.9 Å². The van der Waals surface area contributed by atoms with Gasteiger partial charge in [-0.25, -0.2) is 0 Å². The summed E-state index contributed by atoms with van der Waals surface area (Å²) in [5.41, 5.74) is 0.637. The zero-order chi connectivity index (χ0) is 20.4. The molecule has 3 aliphatic heterocycles. The van der Waals surface area contributed by atoms with Gasteiger partial charge in [-0.15, -0.1) is 0 Å². The Morgan fingerprint density at radius 3 is 2.41 bits per heavy atom. The van der Waals surface area contributed by atoms with Gasteiger partial charge in [-0.05, 0) is 37.5 Å². The van der Waals surface area contributed by atoms with Crippen molar-refractivity contribution < 1.29 is 19.1 Å². The topological polar surface area (TPSA) is 71.1 Å². The van der Waals surface area contributed by atoms with Crippen LogP contribution in [0.3, 0.4) is 0 Å². The van der Waals surface area contributed by atoms with Crippen LogP contribution in [0.2, 0.25) is 0 Å². The fourth-order valence-corrected chi connectivity index (χ4v) is 4.68. The molecule has 2 bridgehead atoms. The molecule has 3 aliphatic rings. The summed E-state index contributed by atoms with van der Waals surface area (Å²) in [6.45, 7) is 4.59. The summed E-state index contributed by atoms with van der Waals surface area (Å²) < 4.78 is 11.7. The number of nitrogens with one attached hydrogen (secondary N) is 1. The molecule has 3 heterocycles. The third-order valence-electron chi connectivity index (χ3n) is 6.40. The molecule has 2 atom stereocenters. The second-order valence-electron chi connectivity index (χ2n) is 8.37. The maximum absolute atomic E-state index is 13.1. The van der Waals surface area contributed by atoms with Crippen LogP contribution in [0, 0.1) is 0 Å². The summed E-state index contributed by atoms with van der Waals surface area (Å²) in [4.78, 5) is 28.4. The number of nitrogens with zero attached hydrogens (tertiary/aromatic N) is 2. The van der Waals surface area contributed by atoms with Crippen molar-refractivity contribution in [2.45, 2.75) is 57.2 Å². The van der Waals surface area contributed by atoms with E-state index in [1.54, 1.807) is 20.1 Å². The van der Waals surface area contributed by atoms with Crippen LogP contribution < -0.4 is 14.8 Å². The number of hydrogen-bond donors (Lipinski definition) is 1. The molecule has 1 aromatic carbocycles. The van der Waals surface area contributed by atoms with Gasteiger partial charge < -0.3 is 24.6 Å². The smallest absolute Gasteiger partial charge is 0.254 e. The largest absolute Gasteiger partial charge is 0.493 e. The first-order chi connectivity index (χ1) is 14.0. The molecule has 3 saturated heterocycles. The van der Waals surface area contributed by atoms with Gasteiger partial charge in [-0.1, -0.05) is 0 Å². The van der Waals surface area contributed by atoms with Gasteiger partial charge in [0.05, 0.1) is 7.11 Å². The molecule has 7 nitrogen and oxygen atoms in total. The van der Waals surface area contributed by atoms with Gasteiger partial charge in [0, 0.05) is 63.6 Å². The van der Waals surface area contributed by atoms with Gasteiger partial charge in [0.2, 0.25) is 5.91 Å². The summed E-state index contributed by atoms with van der Waals surface area (Å²) in [7, 11) is 1.60. The first-order valence-corrected chi connectivity index (χ1v) is 10.7. The van der Waals surface area contributed by atoms with E-state index in [2.05, 4.69) is 5.32 Å². The third kappa shape index (κ3) is 4.50. The minimum atomic E-state index is 0.0493. The number of rotatable bonds is 4. The van der Waals surface area contributed by atoms with E-state index in [0.29, 0.717) is 42.2 Å². The van der Waals surface area contributed by atoms with Crippen molar-refractivity contribution >= 4 is 11.8 Å². The van der Waals surface area contributed by atoms with Crippen LogP contribution in [-0.2, 0) is 4.79 Å². The van der Waals surface area contributed by atoms with Crippen molar-refractivity contribution in [2.75, 3.05) is 33.3 Å². The van der Waals surface area contributed by atoms with E-state index in [-0.39, 0.29) is 17.9 Å². The zero-order valence-corrected chi connectivity index (χ0v) is 17.4. The average Bonchev–Trinajstić information content (AvgIpc) is 3.06. The second-order valence-corrected chi connectivity index (χ2v) is 8.37. The lowest BCUT2D eigenvalue weighted by Gasteiger charge is -2.31.